The van der Waals surface area contributed by atoms with Crippen LogP contribution >= 0.6 is 24.0 Å². The van der Waals surface area contributed by atoms with E-state index in [-0.39, 0.29) is 5.91 Å². The molecule has 0 bridgehead atoms. The van der Waals surface area contributed by atoms with Crippen molar-refractivity contribution in [2.24, 2.45) is 5.92 Å². The van der Waals surface area contributed by atoms with Crippen LogP contribution in [-0.4, -0.2) is 52.9 Å². The molecule has 2 rings (SSSR count). The zero-order valence-corrected chi connectivity index (χ0v) is 12.4. The Bertz CT molecular complexity index is 376. The zero-order chi connectivity index (χ0) is 13.1. The van der Waals surface area contributed by atoms with E-state index < -0.39 is 0 Å². The van der Waals surface area contributed by atoms with Gasteiger partial charge in [-0.25, -0.2) is 0 Å². The van der Waals surface area contributed by atoms with Crippen molar-refractivity contribution < 1.29 is 9.53 Å². The fourth-order valence-electron chi connectivity index (χ4n) is 1.89. The van der Waals surface area contributed by atoms with E-state index in [1.165, 1.54) is 11.8 Å². The molecule has 0 radical (unpaired) electrons. The average Bonchev–Trinajstić information content (AvgIpc) is 2.58. The summed E-state index contributed by atoms with van der Waals surface area (Å²) in [7, 11) is 0. The molecule has 0 saturated carbocycles. The minimum Gasteiger partial charge on any atom is -0.378 e. The molecule has 2 saturated heterocycles. The maximum atomic E-state index is 12.2. The molecule has 100 valence electrons. The Hall–Kier alpha value is -0.590. The van der Waals surface area contributed by atoms with Crippen molar-refractivity contribution in [1.29, 1.82) is 0 Å². The predicted molar refractivity (Wildman–Crippen MR) is 77.2 cm³/mol. The van der Waals surface area contributed by atoms with Crippen LogP contribution < -0.4 is 0 Å². The van der Waals surface area contributed by atoms with Gasteiger partial charge in [0.15, 0.2) is 0 Å². The number of carbonyl (C=O) groups is 1. The normalized spacial score (nSPS) is 23.6. The van der Waals surface area contributed by atoms with Gasteiger partial charge in [0.2, 0.25) is 0 Å². The SMILES string of the molecule is CC(C)CN1C(=O)C(=CN2CCOCC2)SC1=S. The van der Waals surface area contributed by atoms with Gasteiger partial charge in [-0.3, -0.25) is 9.69 Å². The number of thiocarbonyl (C=S) groups is 1. The van der Waals surface area contributed by atoms with E-state index in [2.05, 4.69) is 18.7 Å². The standard InChI is InChI=1S/C12H18N2O2S2/c1-9(2)7-14-11(15)10(18-12(14)17)8-13-3-5-16-6-4-13/h8-9H,3-7H2,1-2H3. The minimum atomic E-state index is 0.0465. The molecule has 0 aromatic heterocycles. The average molecular weight is 286 g/mol. The molecule has 0 aromatic carbocycles. The van der Waals surface area contributed by atoms with Gasteiger partial charge in [0.05, 0.1) is 18.1 Å². The molecule has 0 atom stereocenters. The quantitative estimate of drug-likeness (QED) is 0.582. The summed E-state index contributed by atoms with van der Waals surface area (Å²) in [5.74, 6) is 0.473. The minimum absolute atomic E-state index is 0.0465. The number of hydrogen-bond donors (Lipinski definition) is 0. The first-order chi connectivity index (χ1) is 8.58. The van der Waals surface area contributed by atoms with Crippen molar-refractivity contribution in [3.63, 3.8) is 0 Å². The highest BCUT2D eigenvalue weighted by atomic mass is 32.2. The maximum absolute atomic E-state index is 12.2. The van der Waals surface area contributed by atoms with Crippen molar-refractivity contribution in [2.45, 2.75) is 13.8 Å². The highest BCUT2D eigenvalue weighted by Gasteiger charge is 2.32. The number of hydrogen-bond acceptors (Lipinski definition) is 5. The molecule has 0 spiro atoms. The smallest absolute Gasteiger partial charge is 0.267 e. The Kier molecular flexibility index (Phi) is 4.64. The van der Waals surface area contributed by atoms with Gasteiger partial charge in [-0.1, -0.05) is 37.8 Å². The molecular weight excluding hydrogens is 268 g/mol. The summed E-state index contributed by atoms with van der Waals surface area (Å²) in [6, 6.07) is 0. The molecule has 6 heteroatoms. The van der Waals surface area contributed by atoms with Gasteiger partial charge in [0.25, 0.3) is 5.91 Å². The molecule has 2 heterocycles. The van der Waals surface area contributed by atoms with Crippen molar-refractivity contribution >= 4 is 34.2 Å². The summed E-state index contributed by atoms with van der Waals surface area (Å²) in [4.78, 5) is 16.8. The van der Waals surface area contributed by atoms with E-state index in [1.54, 1.807) is 4.90 Å². The van der Waals surface area contributed by atoms with Crippen molar-refractivity contribution in [3.8, 4) is 0 Å². The number of carbonyl (C=O) groups excluding carboxylic acids is 1. The summed E-state index contributed by atoms with van der Waals surface area (Å²) in [6.45, 7) is 8.01. The second kappa shape index (κ2) is 6.04. The van der Waals surface area contributed by atoms with E-state index in [4.69, 9.17) is 17.0 Å². The second-order valence-corrected chi connectivity index (χ2v) is 6.50. The summed E-state index contributed by atoms with van der Waals surface area (Å²) < 4.78 is 5.96. The lowest BCUT2D eigenvalue weighted by Crippen LogP contribution is -2.34. The maximum Gasteiger partial charge on any atom is 0.267 e. The molecule has 0 N–H and O–H groups in total. The lowest BCUT2D eigenvalue weighted by Gasteiger charge is -2.25. The van der Waals surface area contributed by atoms with E-state index >= 15 is 0 Å². The van der Waals surface area contributed by atoms with E-state index in [1.807, 2.05) is 6.20 Å². The highest BCUT2D eigenvalue weighted by Crippen LogP contribution is 2.31. The summed E-state index contributed by atoms with van der Waals surface area (Å²) in [5.41, 5.74) is 0. The molecule has 4 nitrogen and oxygen atoms in total. The van der Waals surface area contributed by atoms with Crippen LogP contribution in [0.15, 0.2) is 11.1 Å². The molecule has 18 heavy (non-hydrogen) atoms. The van der Waals surface area contributed by atoms with Gasteiger partial charge in [0, 0.05) is 25.8 Å². The third-order valence-electron chi connectivity index (χ3n) is 2.77. The molecule has 0 aromatic rings. The second-order valence-electron chi connectivity index (χ2n) is 4.82. The topological polar surface area (TPSA) is 32.8 Å². The fourth-order valence-corrected chi connectivity index (χ4v) is 3.17. The van der Waals surface area contributed by atoms with Crippen molar-refractivity contribution in [3.05, 3.63) is 11.1 Å². The first-order valence-electron chi connectivity index (χ1n) is 6.15. The molecule has 0 aliphatic carbocycles. The van der Waals surface area contributed by atoms with Crippen LogP contribution in [0.5, 0.6) is 0 Å². The Labute approximate surface area is 117 Å². The van der Waals surface area contributed by atoms with E-state index in [9.17, 15) is 4.79 Å². The third-order valence-corrected chi connectivity index (χ3v) is 4.13. The van der Waals surface area contributed by atoms with Gasteiger partial charge >= 0.3 is 0 Å². The van der Waals surface area contributed by atoms with Gasteiger partial charge < -0.3 is 9.64 Å². The number of morpholine rings is 1. The Morgan fingerprint density at radius 2 is 2.11 bits per heavy atom. The van der Waals surface area contributed by atoms with Crippen LogP contribution in [0, 0.1) is 5.92 Å². The zero-order valence-electron chi connectivity index (χ0n) is 10.7. The van der Waals surface area contributed by atoms with Crippen LogP contribution in [0.3, 0.4) is 0 Å². The van der Waals surface area contributed by atoms with Gasteiger partial charge in [-0.05, 0) is 5.92 Å². The van der Waals surface area contributed by atoms with Crippen LogP contribution in [0.25, 0.3) is 0 Å². The van der Waals surface area contributed by atoms with Crippen LogP contribution in [0.1, 0.15) is 13.8 Å². The van der Waals surface area contributed by atoms with E-state index in [0.717, 1.165) is 31.2 Å². The predicted octanol–water partition coefficient (Wildman–Crippen LogP) is 1.68. The monoisotopic (exact) mass is 286 g/mol. The first kappa shape index (κ1) is 13.8. The Morgan fingerprint density at radius 1 is 1.44 bits per heavy atom. The number of ether oxygens (including phenoxy) is 1. The summed E-state index contributed by atoms with van der Waals surface area (Å²) >= 11 is 6.67. The molecule has 1 amide bonds. The Morgan fingerprint density at radius 3 is 2.72 bits per heavy atom. The largest absolute Gasteiger partial charge is 0.378 e. The number of nitrogens with zero attached hydrogens (tertiary/aromatic N) is 2. The fraction of sp³-hybridized carbons (Fsp3) is 0.667. The van der Waals surface area contributed by atoms with Gasteiger partial charge in [-0.15, -0.1) is 0 Å². The number of amides is 1. The number of rotatable bonds is 3. The van der Waals surface area contributed by atoms with Crippen LogP contribution in [0.2, 0.25) is 0 Å². The molecule has 2 aliphatic heterocycles. The van der Waals surface area contributed by atoms with Crippen LogP contribution in [-0.2, 0) is 9.53 Å². The van der Waals surface area contributed by atoms with Gasteiger partial charge in [0.1, 0.15) is 4.32 Å². The van der Waals surface area contributed by atoms with Crippen molar-refractivity contribution in [2.75, 3.05) is 32.8 Å². The lowest BCUT2D eigenvalue weighted by molar-refractivity contribution is -0.122. The first-order valence-corrected chi connectivity index (χ1v) is 7.37. The lowest BCUT2D eigenvalue weighted by atomic mass is 10.2. The van der Waals surface area contributed by atoms with E-state index in [0.29, 0.717) is 16.8 Å². The molecule has 2 aliphatic rings. The van der Waals surface area contributed by atoms with Crippen molar-refractivity contribution in [1.82, 2.24) is 9.80 Å². The molecule has 0 unspecified atom stereocenters. The Balaban J connectivity index is 2.04. The van der Waals surface area contributed by atoms with Gasteiger partial charge in [-0.2, -0.15) is 0 Å². The summed E-state index contributed by atoms with van der Waals surface area (Å²) in [5, 5.41) is 0. The molecule has 2 fully saturated rings. The van der Waals surface area contributed by atoms with Crippen LogP contribution in [0.4, 0.5) is 0 Å². The summed E-state index contributed by atoms with van der Waals surface area (Å²) in [6.07, 6.45) is 1.93. The molecular formula is C12H18N2O2S2. The highest BCUT2D eigenvalue weighted by molar-refractivity contribution is 8.26. The number of thioether (sulfide) groups is 1. The third kappa shape index (κ3) is 3.24.